The molecule has 1 fully saturated rings. The Bertz CT molecular complexity index is 102. The van der Waals surface area contributed by atoms with Crippen molar-refractivity contribution in [3.8, 4) is 0 Å². The van der Waals surface area contributed by atoms with E-state index in [0.717, 1.165) is 0 Å². The zero-order valence-electron chi connectivity index (χ0n) is 6.16. The number of aliphatic hydroxyl groups is 1. The van der Waals surface area contributed by atoms with Crippen LogP contribution in [0, 0.1) is 0 Å². The molecule has 1 atom stereocenters. The van der Waals surface area contributed by atoms with E-state index in [1.165, 1.54) is 0 Å². The summed E-state index contributed by atoms with van der Waals surface area (Å²) in [4.78, 5) is 10.0. The van der Waals surface area contributed by atoms with Gasteiger partial charge in [-0.15, -0.1) is 0 Å². The van der Waals surface area contributed by atoms with Gasteiger partial charge < -0.3 is 14.6 Å². The summed E-state index contributed by atoms with van der Waals surface area (Å²) < 4.78 is 8.90. The van der Waals surface area contributed by atoms with Gasteiger partial charge in [-0.2, -0.15) is 0 Å². The number of ether oxygens (including phenoxy) is 2. The Morgan fingerprint density at radius 3 is 2.40 bits per heavy atom. The molecule has 1 N–H and O–H groups in total. The third-order valence-corrected chi connectivity index (χ3v) is 0.733. The summed E-state index contributed by atoms with van der Waals surface area (Å²) in [6.07, 6.45) is -0.597. The number of hydrogen-bond acceptors (Lipinski definition) is 4. The molecule has 4 heteroatoms. The summed E-state index contributed by atoms with van der Waals surface area (Å²) in [5.41, 5.74) is 0. The molecule has 10 heavy (non-hydrogen) atoms. The molecule has 0 aromatic rings. The fourth-order valence-corrected chi connectivity index (χ4v) is 0.418. The van der Waals surface area contributed by atoms with Gasteiger partial charge in [0.2, 0.25) is 0 Å². The van der Waals surface area contributed by atoms with Crippen LogP contribution in [0.5, 0.6) is 0 Å². The van der Waals surface area contributed by atoms with E-state index in [4.69, 9.17) is 5.11 Å². The molecular weight excluding hydrogens is 136 g/mol. The molecule has 1 unspecified atom stereocenters. The van der Waals surface area contributed by atoms with Crippen LogP contribution in [0.2, 0.25) is 0 Å². The van der Waals surface area contributed by atoms with Crippen LogP contribution in [0.3, 0.4) is 0 Å². The molecule has 4 nitrogen and oxygen atoms in total. The van der Waals surface area contributed by atoms with Crippen molar-refractivity contribution in [2.45, 2.75) is 20.0 Å². The number of aliphatic hydroxyl groups excluding tert-OH is 1. The maximum absolute atomic E-state index is 10.0. The van der Waals surface area contributed by atoms with Crippen LogP contribution in [0.1, 0.15) is 13.8 Å². The smallest absolute Gasteiger partial charge is 0.430 e. The SMILES string of the molecule is CC1COC(=O)O1.CCO. The van der Waals surface area contributed by atoms with Crippen LogP contribution < -0.4 is 0 Å². The molecule has 60 valence electrons. The Hall–Kier alpha value is -0.770. The van der Waals surface area contributed by atoms with E-state index in [-0.39, 0.29) is 12.7 Å². The van der Waals surface area contributed by atoms with Crippen molar-refractivity contribution in [1.82, 2.24) is 0 Å². The highest BCUT2D eigenvalue weighted by atomic mass is 16.8. The fraction of sp³-hybridized carbons (Fsp3) is 0.833. The number of rotatable bonds is 0. The van der Waals surface area contributed by atoms with Gasteiger partial charge in [0.25, 0.3) is 0 Å². The van der Waals surface area contributed by atoms with Crippen LogP contribution in [-0.2, 0) is 9.47 Å². The van der Waals surface area contributed by atoms with Gasteiger partial charge in [0.05, 0.1) is 0 Å². The zero-order valence-corrected chi connectivity index (χ0v) is 6.16. The van der Waals surface area contributed by atoms with E-state index in [2.05, 4.69) is 9.47 Å². The molecule has 0 bridgehead atoms. The van der Waals surface area contributed by atoms with Crippen molar-refractivity contribution in [3.63, 3.8) is 0 Å². The van der Waals surface area contributed by atoms with E-state index in [9.17, 15) is 4.79 Å². The molecule has 1 aliphatic heterocycles. The number of cyclic esters (lactones) is 2. The second-order valence-electron chi connectivity index (χ2n) is 1.81. The first-order chi connectivity index (χ1) is 4.70. The van der Waals surface area contributed by atoms with Crippen molar-refractivity contribution in [1.29, 1.82) is 0 Å². The molecular formula is C6H12O4. The second kappa shape index (κ2) is 5.05. The molecule has 0 radical (unpaired) electrons. The lowest BCUT2D eigenvalue weighted by atomic mass is 10.5. The fourth-order valence-electron chi connectivity index (χ4n) is 0.418. The Morgan fingerprint density at radius 2 is 2.30 bits per heavy atom. The average molecular weight is 148 g/mol. The standard InChI is InChI=1S/C4H6O3.C2H6O/c1-3-2-6-4(5)7-3;1-2-3/h3H,2H2,1H3;3H,2H2,1H3. The molecule has 0 saturated carbocycles. The highest BCUT2D eigenvalue weighted by Crippen LogP contribution is 2.02. The monoisotopic (exact) mass is 148 g/mol. The lowest BCUT2D eigenvalue weighted by Gasteiger charge is -1.90. The predicted molar refractivity (Wildman–Crippen MR) is 34.7 cm³/mol. The summed E-state index contributed by atoms with van der Waals surface area (Å²) in [6, 6.07) is 0. The van der Waals surface area contributed by atoms with Gasteiger partial charge in [-0.1, -0.05) is 0 Å². The molecule has 1 rings (SSSR count). The molecule has 0 spiro atoms. The van der Waals surface area contributed by atoms with Crippen molar-refractivity contribution in [2.24, 2.45) is 0 Å². The van der Waals surface area contributed by atoms with Gasteiger partial charge in [0.15, 0.2) is 0 Å². The first-order valence-corrected chi connectivity index (χ1v) is 3.15. The maximum atomic E-state index is 10.0. The average Bonchev–Trinajstić information content (AvgIpc) is 2.17. The quantitative estimate of drug-likeness (QED) is 0.509. The summed E-state index contributed by atoms with van der Waals surface area (Å²) in [6.45, 7) is 4.11. The Kier molecular flexibility index (Phi) is 4.66. The van der Waals surface area contributed by atoms with Gasteiger partial charge in [0.1, 0.15) is 12.7 Å². The van der Waals surface area contributed by atoms with E-state index in [1.54, 1.807) is 13.8 Å². The van der Waals surface area contributed by atoms with Crippen molar-refractivity contribution in [3.05, 3.63) is 0 Å². The van der Waals surface area contributed by atoms with Gasteiger partial charge in [-0.25, -0.2) is 4.79 Å². The van der Waals surface area contributed by atoms with Crippen molar-refractivity contribution >= 4 is 6.16 Å². The first-order valence-electron chi connectivity index (χ1n) is 3.15. The lowest BCUT2D eigenvalue weighted by Crippen LogP contribution is -2.01. The van der Waals surface area contributed by atoms with Crippen LogP contribution in [0.4, 0.5) is 4.79 Å². The highest BCUT2D eigenvalue weighted by Gasteiger charge is 2.19. The van der Waals surface area contributed by atoms with E-state index in [1.807, 2.05) is 0 Å². The molecule has 1 aliphatic rings. The third kappa shape index (κ3) is 4.14. The number of carbonyl (C=O) groups excluding carboxylic acids is 1. The number of carbonyl (C=O) groups is 1. The number of hydrogen-bond donors (Lipinski definition) is 1. The first kappa shape index (κ1) is 9.23. The Labute approximate surface area is 59.7 Å². The molecule has 0 amide bonds. The minimum Gasteiger partial charge on any atom is -0.430 e. The van der Waals surface area contributed by atoms with Crippen LogP contribution in [0.25, 0.3) is 0 Å². The molecule has 0 aromatic carbocycles. The maximum Gasteiger partial charge on any atom is 0.508 e. The highest BCUT2D eigenvalue weighted by molar-refractivity contribution is 5.61. The van der Waals surface area contributed by atoms with Gasteiger partial charge in [-0.05, 0) is 13.8 Å². The summed E-state index contributed by atoms with van der Waals surface area (Å²) in [7, 11) is 0. The second-order valence-corrected chi connectivity index (χ2v) is 1.81. The molecule has 1 heterocycles. The summed E-state index contributed by atoms with van der Waals surface area (Å²) in [5.74, 6) is 0. The van der Waals surface area contributed by atoms with Crippen LogP contribution in [-0.4, -0.2) is 30.6 Å². The largest absolute Gasteiger partial charge is 0.508 e. The minimum atomic E-state index is -0.549. The predicted octanol–water partition coefficient (Wildman–Crippen LogP) is 0.540. The van der Waals surface area contributed by atoms with Crippen LogP contribution in [0.15, 0.2) is 0 Å². The molecule has 1 saturated heterocycles. The zero-order chi connectivity index (χ0) is 7.98. The topological polar surface area (TPSA) is 55.8 Å². The van der Waals surface area contributed by atoms with Crippen molar-refractivity contribution < 1.29 is 19.4 Å². The van der Waals surface area contributed by atoms with Gasteiger partial charge in [0, 0.05) is 6.61 Å². The molecule has 0 aliphatic carbocycles. The van der Waals surface area contributed by atoms with Crippen LogP contribution >= 0.6 is 0 Å². The third-order valence-electron chi connectivity index (χ3n) is 0.733. The van der Waals surface area contributed by atoms with Crippen molar-refractivity contribution in [2.75, 3.05) is 13.2 Å². The molecule has 0 aromatic heterocycles. The lowest BCUT2D eigenvalue weighted by molar-refractivity contribution is 0.121. The normalized spacial score (nSPS) is 22.3. The Morgan fingerprint density at radius 1 is 1.80 bits per heavy atom. The minimum absolute atomic E-state index is 0.0486. The Balaban J connectivity index is 0.000000236. The van der Waals surface area contributed by atoms with E-state index in [0.29, 0.717) is 6.61 Å². The summed E-state index contributed by atoms with van der Waals surface area (Å²) in [5, 5.41) is 7.57. The van der Waals surface area contributed by atoms with E-state index >= 15 is 0 Å². The van der Waals surface area contributed by atoms with Gasteiger partial charge >= 0.3 is 6.16 Å². The van der Waals surface area contributed by atoms with Gasteiger partial charge in [-0.3, -0.25) is 0 Å². The van der Waals surface area contributed by atoms with E-state index < -0.39 is 6.16 Å². The summed E-state index contributed by atoms with van der Waals surface area (Å²) >= 11 is 0.